The van der Waals surface area contributed by atoms with E-state index in [0.29, 0.717) is 11.8 Å². The second kappa shape index (κ2) is 6.71. The largest absolute Gasteiger partial charge is 0.212 e. The Morgan fingerprint density at radius 3 is 2.20 bits per heavy atom. The zero-order valence-corrected chi connectivity index (χ0v) is 11.5. The van der Waals surface area contributed by atoms with Gasteiger partial charge >= 0.3 is 0 Å². The fourth-order valence-corrected chi connectivity index (χ4v) is 3.22. The monoisotopic (exact) mass is 255 g/mol. The average Bonchev–Trinajstić information content (AvgIpc) is 2.14. The predicted octanol–water partition coefficient (Wildman–Crippen LogP) is 2.22. The summed E-state index contributed by atoms with van der Waals surface area (Å²) in [5.41, 5.74) is 0. The van der Waals surface area contributed by atoms with Crippen molar-refractivity contribution in [3.05, 3.63) is 0 Å². The van der Waals surface area contributed by atoms with E-state index in [-0.39, 0.29) is 17.7 Å². The van der Waals surface area contributed by atoms with E-state index < -0.39 is 10.0 Å². The Morgan fingerprint density at radius 1 is 1.27 bits per heavy atom. The van der Waals surface area contributed by atoms with Gasteiger partial charge in [-0.3, -0.25) is 0 Å². The zero-order valence-electron chi connectivity index (χ0n) is 9.96. The number of alkyl halides is 1. The van der Waals surface area contributed by atoms with E-state index >= 15 is 0 Å². The average molecular weight is 256 g/mol. The van der Waals surface area contributed by atoms with E-state index in [9.17, 15) is 8.42 Å². The van der Waals surface area contributed by atoms with Crippen LogP contribution >= 0.6 is 11.6 Å². The van der Waals surface area contributed by atoms with Crippen LogP contribution in [0.25, 0.3) is 0 Å². The van der Waals surface area contributed by atoms with E-state index in [1.54, 1.807) is 0 Å². The van der Waals surface area contributed by atoms with Crippen LogP contribution in [0, 0.1) is 11.8 Å². The van der Waals surface area contributed by atoms with Gasteiger partial charge in [0.1, 0.15) is 0 Å². The quantitative estimate of drug-likeness (QED) is 0.709. The van der Waals surface area contributed by atoms with E-state index in [0.717, 1.165) is 6.42 Å². The van der Waals surface area contributed by atoms with Gasteiger partial charge in [0.2, 0.25) is 10.0 Å². The van der Waals surface area contributed by atoms with Gasteiger partial charge < -0.3 is 0 Å². The van der Waals surface area contributed by atoms with E-state index in [1.807, 2.05) is 20.8 Å². The molecular weight excluding hydrogens is 234 g/mol. The summed E-state index contributed by atoms with van der Waals surface area (Å²) in [6.07, 6.45) is 0.967. The van der Waals surface area contributed by atoms with Crippen molar-refractivity contribution in [3.63, 3.8) is 0 Å². The zero-order chi connectivity index (χ0) is 12.1. The van der Waals surface area contributed by atoms with Crippen molar-refractivity contribution in [1.82, 2.24) is 4.72 Å². The smallest absolute Gasteiger partial charge is 0.212 e. The number of halogens is 1. The Labute approximate surface area is 98.6 Å². The molecule has 3 atom stereocenters. The summed E-state index contributed by atoms with van der Waals surface area (Å²) in [4.78, 5) is 0. The summed E-state index contributed by atoms with van der Waals surface area (Å²) < 4.78 is 26.0. The Kier molecular flexibility index (Phi) is 6.80. The van der Waals surface area contributed by atoms with Crippen molar-refractivity contribution < 1.29 is 8.42 Å². The molecule has 0 aliphatic heterocycles. The number of sulfonamides is 1. The highest BCUT2D eigenvalue weighted by Crippen LogP contribution is 2.09. The molecule has 0 fully saturated rings. The van der Waals surface area contributed by atoms with E-state index in [4.69, 9.17) is 11.6 Å². The summed E-state index contributed by atoms with van der Waals surface area (Å²) in [6.45, 7) is 7.83. The van der Waals surface area contributed by atoms with Gasteiger partial charge in [-0.05, 0) is 18.8 Å². The Bertz CT molecular complexity index is 267. The Morgan fingerprint density at radius 2 is 1.80 bits per heavy atom. The molecule has 15 heavy (non-hydrogen) atoms. The normalized spacial score (nSPS) is 18.5. The summed E-state index contributed by atoms with van der Waals surface area (Å²) in [7, 11) is -3.18. The highest BCUT2D eigenvalue weighted by atomic mass is 35.5. The fraction of sp³-hybridized carbons (Fsp3) is 1.00. The molecule has 1 N–H and O–H groups in total. The van der Waals surface area contributed by atoms with Crippen molar-refractivity contribution in [2.24, 2.45) is 11.8 Å². The second-order valence-corrected chi connectivity index (χ2v) is 6.44. The molecule has 0 heterocycles. The van der Waals surface area contributed by atoms with Crippen LogP contribution in [-0.2, 0) is 10.0 Å². The summed E-state index contributed by atoms with van der Waals surface area (Å²) in [5, 5.41) is 0. The van der Waals surface area contributed by atoms with E-state index in [2.05, 4.69) is 11.6 Å². The minimum atomic E-state index is -3.18. The summed E-state index contributed by atoms with van der Waals surface area (Å²) in [5.74, 6) is 0.829. The maximum absolute atomic E-state index is 11.7. The van der Waals surface area contributed by atoms with Gasteiger partial charge in [-0.15, -0.1) is 11.6 Å². The highest BCUT2D eigenvalue weighted by molar-refractivity contribution is 7.89. The third-order valence-corrected chi connectivity index (χ3v) is 4.90. The van der Waals surface area contributed by atoms with Crippen LogP contribution in [-0.4, -0.2) is 26.1 Å². The lowest BCUT2D eigenvalue weighted by atomic mass is 10.0. The Hall–Kier alpha value is 0.200. The lowest BCUT2D eigenvalue weighted by molar-refractivity contribution is 0.432. The van der Waals surface area contributed by atoms with Gasteiger partial charge in [-0.25, -0.2) is 13.1 Å². The van der Waals surface area contributed by atoms with Crippen molar-refractivity contribution in [3.8, 4) is 0 Å². The van der Waals surface area contributed by atoms with Gasteiger partial charge in [0, 0.05) is 11.9 Å². The third-order valence-electron chi connectivity index (χ3n) is 2.63. The van der Waals surface area contributed by atoms with Gasteiger partial charge in [0.05, 0.1) is 5.75 Å². The van der Waals surface area contributed by atoms with Gasteiger partial charge in [-0.2, -0.15) is 0 Å². The van der Waals surface area contributed by atoms with E-state index in [1.165, 1.54) is 0 Å². The van der Waals surface area contributed by atoms with Crippen LogP contribution in [0.3, 0.4) is 0 Å². The number of nitrogens with one attached hydrogen (secondary N) is 1. The molecule has 0 spiro atoms. The first-order valence-electron chi connectivity index (χ1n) is 5.38. The van der Waals surface area contributed by atoms with Crippen LogP contribution in [0.1, 0.15) is 34.1 Å². The molecule has 3 unspecified atom stereocenters. The molecule has 0 bridgehead atoms. The standard InChI is InChI=1S/C10H22ClNO2S/c1-5-9(3)10(4)12-15(13,14)7-8(2)6-11/h8-10,12H,5-7H2,1-4H3. The molecule has 0 amide bonds. The molecule has 92 valence electrons. The molecule has 5 heteroatoms. The first-order chi connectivity index (χ1) is 6.82. The molecule has 0 aromatic rings. The van der Waals surface area contributed by atoms with Crippen LogP contribution < -0.4 is 4.72 Å². The highest BCUT2D eigenvalue weighted by Gasteiger charge is 2.20. The maximum atomic E-state index is 11.7. The van der Waals surface area contributed by atoms with Gasteiger partial charge in [0.25, 0.3) is 0 Å². The topological polar surface area (TPSA) is 46.2 Å². The molecule has 0 saturated carbocycles. The first-order valence-corrected chi connectivity index (χ1v) is 7.57. The molecule has 0 rings (SSSR count). The number of hydrogen-bond donors (Lipinski definition) is 1. The van der Waals surface area contributed by atoms with Crippen molar-refractivity contribution in [2.75, 3.05) is 11.6 Å². The molecule has 0 radical (unpaired) electrons. The van der Waals surface area contributed by atoms with Crippen LogP contribution in [0.4, 0.5) is 0 Å². The molecule has 0 aromatic carbocycles. The maximum Gasteiger partial charge on any atom is 0.212 e. The minimum absolute atomic E-state index is 0.00620. The lowest BCUT2D eigenvalue weighted by Crippen LogP contribution is -2.39. The fourth-order valence-electron chi connectivity index (χ4n) is 1.22. The van der Waals surface area contributed by atoms with Crippen LogP contribution in [0.2, 0.25) is 0 Å². The number of rotatable bonds is 7. The number of hydrogen-bond acceptors (Lipinski definition) is 2. The molecule has 0 aliphatic carbocycles. The van der Waals surface area contributed by atoms with Crippen LogP contribution in [0.15, 0.2) is 0 Å². The van der Waals surface area contributed by atoms with Crippen molar-refractivity contribution >= 4 is 21.6 Å². The lowest BCUT2D eigenvalue weighted by Gasteiger charge is -2.20. The molecule has 0 aliphatic rings. The SMILES string of the molecule is CCC(C)C(C)NS(=O)(=O)CC(C)CCl. The predicted molar refractivity (Wildman–Crippen MR) is 65.7 cm³/mol. The first kappa shape index (κ1) is 15.2. The Balaban J connectivity index is 4.26. The molecular formula is C10H22ClNO2S. The summed E-state index contributed by atoms with van der Waals surface area (Å²) in [6, 6.07) is -0.0116. The molecule has 0 saturated heterocycles. The summed E-state index contributed by atoms with van der Waals surface area (Å²) >= 11 is 5.59. The van der Waals surface area contributed by atoms with Crippen molar-refractivity contribution in [1.29, 1.82) is 0 Å². The van der Waals surface area contributed by atoms with Gasteiger partial charge in [-0.1, -0.05) is 27.2 Å². The molecule has 0 aromatic heterocycles. The third kappa shape index (κ3) is 6.38. The van der Waals surface area contributed by atoms with Crippen molar-refractivity contribution in [2.45, 2.75) is 40.2 Å². The minimum Gasteiger partial charge on any atom is -0.212 e. The molecule has 3 nitrogen and oxygen atoms in total. The second-order valence-electron chi connectivity index (χ2n) is 4.33. The van der Waals surface area contributed by atoms with Crippen LogP contribution in [0.5, 0.6) is 0 Å². The van der Waals surface area contributed by atoms with Gasteiger partial charge in [0.15, 0.2) is 0 Å².